The lowest BCUT2D eigenvalue weighted by molar-refractivity contribution is 0.174. The Bertz CT molecular complexity index is 1640. The third kappa shape index (κ3) is 3.05. The Morgan fingerprint density at radius 3 is 2.62 bits per heavy atom. The third-order valence-electron chi connectivity index (χ3n) is 5.79. The zero-order valence-corrected chi connectivity index (χ0v) is 18.1. The maximum absolute atomic E-state index is 12.9. The molecule has 0 saturated carbocycles. The summed E-state index contributed by atoms with van der Waals surface area (Å²) >= 11 is 0. The molecule has 0 aliphatic carbocycles. The van der Waals surface area contributed by atoms with E-state index in [1.54, 1.807) is 30.3 Å². The topological polar surface area (TPSA) is 65.1 Å². The predicted octanol–water partition coefficient (Wildman–Crippen LogP) is 0.928. The number of ether oxygens (including phenoxy) is 2. The van der Waals surface area contributed by atoms with Gasteiger partial charge in [-0.2, -0.15) is 8.42 Å². The van der Waals surface area contributed by atoms with Crippen LogP contribution in [-0.2, 0) is 10.1 Å². The van der Waals surface area contributed by atoms with Crippen LogP contribution in [0.25, 0.3) is 24.0 Å². The fourth-order valence-corrected chi connectivity index (χ4v) is 5.27. The minimum Gasteiger partial charge on any atom is -0.454 e. The second kappa shape index (κ2) is 6.90. The van der Waals surface area contributed by atoms with Gasteiger partial charge in [0, 0.05) is 28.9 Å². The van der Waals surface area contributed by atoms with Gasteiger partial charge >= 0.3 is 10.1 Å². The summed E-state index contributed by atoms with van der Waals surface area (Å²) in [6.07, 6.45) is 6.11. The van der Waals surface area contributed by atoms with Gasteiger partial charge in [-0.05, 0) is 59.3 Å². The van der Waals surface area contributed by atoms with E-state index in [9.17, 15) is 8.42 Å². The first-order chi connectivity index (χ1) is 15.5. The Morgan fingerprint density at radius 2 is 1.78 bits per heavy atom. The van der Waals surface area contributed by atoms with Crippen molar-refractivity contribution < 1.29 is 22.1 Å². The highest BCUT2D eigenvalue weighted by atomic mass is 32.2. The van der Waals surface area contributed by atoms with Crippen molar-refractivity contribution in [3.8, 4) is 17.2 Å². The molecule has 0 spiro atoms. The number of nitrogens with zero attached hydrogens (tertiary/aromatic N) is 1. The molecule has 0 fully saturated rings. The van der Waals surface area contributed by atoms with Gasteiger partial charge in [-0.3, -0.25) is 0 Å². The summed E-state index contributed by atoms with van der Waals surface area (Å²) in [6.45, 7) is 2.73. The van der Waals surface area contributed by atoms with Crippen LogP contribution in [0.4, 0.5) is 0 Å². The molecule has 160 valence electrons. The second-order valence-corrected chi connectivity index (χ2v) is 9.47. The summed E-state index contributed by atoms with van der Waals surface area (Å²) in [6, 6.07) is 16.1. The third-order valence-corrected chi connectivity index (χ3v) is 7.02. The lowest BCUT2D eigenvalue weighted by Crippen LogP contribution is -2.43. The minimum atomic E-state index is -3.95. The van der Waals surface area contributed by atoms with Crippen LogP contribution in [-0.4, -0.2) is 26.7 Å². The second-order valence-electron chi connectivity index (χ2n) is 7.92. The Balaban J connectivity index is 1.49. The molecule has 32 heavy (non-hydrogen) atoms. The average Bonchev–Trinajstić information content (AvgIpc) is 3.24. The van der Waals surface area contributed by atoms with Crippen molar-refractivity contribution in [1.29, 1.82) is 0 Å². The summed E-state index contributed by atoms with van der Waals surface area (Å²) in [5.74, 6) is 1.79. The van der Waals surface area contributed by atoms with Crippen LogP contribution >= 0.6 is 0 Å². The largest absolute Gasteiger partial charge is 0.454 e. The predicted molar refractivity (Wildman–Crippen MR) is 120 cm³/mol. The maximum Gasteiger partial charge on any atom is 0.339 e. The Morgan fingerprint density at radius 1 is 0.969 bits per heavy atom. The molecule has 3 heterocycles. The number of hydrogen-bond donors (Lipinski definition) is 0. The van der Waals surface area contributed by atoms with Gasteiger partial charge in [0.05, 0.1) is 0 Å². The molecule has 0 unspecified atom stereocenters. The monoisotopic (exact) mass is 445 g/mol. The standard InChI is InChI=1S/C25H19NO5S/c1-16-4-2-6-19(10-16)32(27,28)31-23-7-3-5-17-11-22-20-13-25-24(29-15-30-25)12-18(20)8-9-26(22)14-21(17)23/h2-8,10-14H,9,15H2,1H3. The van der Waals surface area contributed by atoms with Crippen molar-refractivity contribution in [1.82, 2.24) is 4.90 Å². The lowest BCUT2D eigenvalue weighted by Gasteiger charge is -2.26. The first kappa shape index (κ1) is 19.0. The molecule has 6 nitrogen and oxygen atoms in total. The van der Waals surface area contributed by atoms with Crippen molar-refractivity contribution in [3.63, 3.8) is 0 Å². The summed E-state index contributed by atoms with van der Waals surface area (Å²) in [4.78, 5) is 2.22. The van der Waals surface area contributed by atoms with Gasteiger partial charge in [0.2, 0.25) is 6.79 Å². The molecule has 3 aromatic carbocycles. The van der Waals surface area contributed by atoms with E-state index in [0.29, 0.717) is 12.3 Å². The molecule has 3 aliphatic heterocycles. The first-order valence-electron chi connectivity index (χ1n) is 10.2. The minimum absolute atomic E-state index is 0.137. The molecule has 0 bridgehead atoms. The molecule has 3 aliphatic rings. The highest BCUT2D eigenvalue weighted by molar-refractivity contribution is 7.87. The fourth-order valence-electron chi connectivity index (χ4n) is 4.22. The molecule has 6 rings (SSSR count). The molecule has 0 N–H and O–H groups in total. The van der Waals surface area contributed by atoms with Crippen molar-refractivity contribution in [2.45, 2.75) is 11.8 Å². The average molecular weight is 445 g/mol. The Labute approximate surface area is 184 Å². The molecule has 7 heteroatoms. The highest BCUT2D eigenvalue weighted by Gasteiger charge is 2.21. The molecule has 0 amide bonds. The summed E-state index contributed by atoms with van der Waals surface area (Å²) < 4.78 is 42.4. The zero-order valence-electron chi connectivity index (χ0n) is 17.2. The molecule has 0 saturated heterocycles. The number of hydrogen-bond acceptors (Lipinski definition) is 6. The van der Waals surface area contributed by atoms with Crippen molar-refractivity contribution in [2.24, 2.45) is 0 Å². The lowest BCUT2D eigenvalue weighted by atomic mass is 10.0. The number of fused-ring (bicyclic) bond motifs is 4. The fraction of sp³-hybridized carbons (Fsp3) is 0.120. The molecule has 0 aromatic heterocycles. The molecular formula is C25H19NO5S. The van der Waals surface area contributed by atoms with E-state index in [2.05, 4.69) is 17.1 Å². The van der Waals surface area contributed by atoms with E-state index in [-0.39, 0.29) is 11.7 Å². The SMILES string of the molecule is Cc1cccc(S(=O)(=O)Oc2cccc3c2=CN2CC=c4cc5c(cc4=C2C=3)OCO5)c1. The van der Waals surface area contributed by atoms with E-state index >= 15 is 0 Å². The smallest absolute Gasteiger partial charge is 0.339 e. The molecular weight excluding hydrogens is 426 g/mol. The maximum atomic E-state index is 12.9. The Kier molecular flexibility index (Phi) is 4.10. The van der Waals surface area contributed by atoms with Gasteiger partial charge in [-0.25, -0.2) is 0 Å². The van der Waals surface area contributed by atoms with Crippen LogP contribution in [0.2, 0.25) is 0 Å². The molecule has 0 atom stereocenters. The zero-order chi connectivity index (χ0) is 21.9. The number of rotatable bonds is 3. The van der Waals surface area contributed by atoms with Crippen LogP contribution in [0.3, 0.4) is 0 Å². The Hall–Kier alpha value is -3.71. The number of aryl methyl sites for hydroxylation is 1. The van der Waals surface area contributed by atoms with E-state index in [4.69, 9.17) is 13.7 Å². The van der Waals surface area contributed by atoms with Crippen LogP contribution < -0.4 is 34.5 Å². The molecule has 0 radical (unpaired) electrons. The van der Waals surface area contributed by atoms with Crippen LogP contribution in [0.5, 0.6) is 17.2 Å². The summed E-state index contributed by atoms with van der Waals surface area (Å²) in [5.41, 5.74) is 1.87. The summed E-state index contributed by atoms with van der Waals surface area (Å²) in [7, 11) is -3.95. The molecule has 3 aromatic rings. The van der Waals surface area contributed by atoms with E-state index in [1.165, 1.54) is 0 Å². The van der Waals surface area contributed by atoms with Gasteiger partial charge in [0.1, 0.15) is 4.90 Å². The van der Waals surface area contributed by atoms with Crippen molar-refractivity contribution >= 4 is 34.2 Å². The van der Waals surface area contributed by atoms with Crippen molar-refractivity contribution in [3.05, 3.63) is 81.0 Å². The van der Waals surface area contributed by atoms with E-state index < -0.39 is 10.1 Å². The van der Waals surface area contributed by atoms with Gasteiger partial charge < -0.3 is 18.6 Å². The number of benzene rings is 3. The van der Waals surface area contributed by atoms with Gasteiger partial charge in [-0.15, -0.1) is 0 Å². The quantitative estimate of drug-likeness (QED) is 0.559. The normalized spacial score (nSPS) is 15.5. The van der Waals surface area contributed by atoms with Gasteiger partial charge in [-0.1, -0.05) is 30.3 Å². The first-order valence-corrected chi connectivity index (χ1v) is 11.6. The van der Waals surface area contributed by atoms with Crippen molar-refractivity contribution in [2.75, 3.05) is 13.3 Å². The van der Waals surface area contributed by atoms with Crippen LogP contribution in [0.15, 0.2) is 59.5 Å². The van der Waals surface area contributed by atoms with E-state index in [0.717, 1.165) is 43.6 Å². The van der Waals surface area contributed by atoms with Gasteiger partial charge in [0.25, 0.3) is 0 Å². The van der Waals surface area contributed by atoms with Gasteiger partial charge in [0.15, 0.2) is 17.2 Å². The summed E-state index contributed by atoms with van der Waals surface area (Å²) in [5, 5.41) is 3.74. The highest BCUT2D eigenvalue weighted by Crippen LogP contribution is 2.29. The van der Waals surface area contributed by atoms with Crippen LogP contribution in [0, 0.1) is 6.92 Å². The van der Waals surface area contributed by atoms with E-state index in [1.807, 2.05) is 37.4 Å². The van der Waals surface area contributed by atoms with Crippen LogP contribution in [0.1, 0.15) is 5.56 Å².